The summed E-state index contributed by atoms with van der Waals surface area (Å²) in [7, 11) is 5.04. The van der Waals surface area contributed by atoms with E-state index in [2.05, 4.69) is 12.2 Å². The summed E-state index contributed by atoms with van der Waals surface area (Å²) in [4.78, 5) is 0. The van der Waals surface area contributed by atoms with Gasteiger partial charge in [0.1, 0.15) is 11.5 Å². The zero-order valence-corrected chi connectivity index (χ0v) is 13.5. The third-order valence-corrected chi connectivity index (χ3v) is 3.52. The lowest BCUT2D eigenvalue weighted by Crippen LogP contribution is -2.35. The molecule has 0 amide bonds. The van der Waals surface area contributed by atoms with Gasteiger partial charge in [-0.2, -0.15) is 0 Å². The van der Waals surface area contributed by atoms with Crippen molar-refractivity contribution in [3.05, 3.63) is 23.8 Å². The molecular formula is C16H28N2O3. The van der Waals surface area contributed by atoms with Crippen molar-refractivity contribution >= 4 is 0 Å². The summed E-state index contributed by atoms with van der Waals surface area (Å²) in [5, 5.41) is 3.58. The van der Waals surface area contributed by atoms with E-state index < -0.39 is 0 Å². The molecule has 5 heteroatoms. The summed E-state index contributed by atoms with van der Waals surface area (Å²) in [6.45, 7) is 3.49. The van der Waals surface area contributed by atoms with E-state index in [4.69, 9.17) is 19.9 Å². The van der Waals surface area contributed by atoms with Gasteiger partial charge in [-0.3, -0.25) is 0 Å². The fourth-order valence-electron chi connectivity index (χ4n) is 2.40. The first-order valence-corrected chi connectivity index (χ1v) is 7.33. The molecule has 0 saturated carbocycles. The molecule has 21 heavy (non-hydrogen) atoms. The summed E-state index contributed by atoms with van der Waals surface area (Å²) in [5.41, 5.74) is 6.69. The molecule has 0 saturated heterocycles. The highest BCUT2D eigenvalue weighted by Gasteiger charge is 2.16. The van der Waals surface area contributed by atoms with Gasteiger partial charge in [0, 0.05) is 30.8 Å². The number of nitrogens with one attached hydrogen (secondary N) is 1. The third-order valence-electron chi connectivity index (χ3n) is 3.52. The average Bonchev–Trinajstić information content (AvgIpc) is 2.51. The van der Waals surface area contributed by atoms with Gasteiger partial charge in [0.25, 0.3) is 0 Å². The van der Waals surface area contributed by atoms with Crippen LogP contribution in [0.4, 0.5) is 0 Å². The molecule has 3 N–H and O–H groups in total. The van der Waals surface area contributed by atoms with Crippen molar-refractivity contribution in [1.82, 2.24) is 5.32 Å². The predicted molar refractivity (Wildman–Crippen MR) is 85.0 cm³/mol. The van der Waals surface area contributed by atoms with Crippen molar-refractivity contribution in [2.45, 2.75) is 31.8 Å². The van der Waals surface area contributed by atoms with Gasteiger partial charge in [-0.05, 0) is 32.4 Å². The number of methoxy groups -OCH3 is 3. The maximum atomic E-state index is 5.59. The molecule has 0 radical (unpaired) electrons. The van der Waals surface area contributed by atoms with Crippen LogP contribution < -0.4 is 20.5 Å². The third kappa shape index (κ3) is 5.53. The van der Waals surface area contributed by atoms with E-state index in [-0.39, 0.29) is 12.1 Å². The standard InChI is InChI=1S/C16H28N2O3/c1-12(18-13(11-19-2)6-5-9-17)15-8-7-14(20-3)10-16(15)21-4/h7-8,10,12-13,18H,5-6,9,11,17H2,1-4H3. The molecule has 0 aliphatic rings. The SMILES string of the molecule is COCC(CCCN)NC(C)c1ccc(OC)cc1OC. The lowest BCUT2D eigenvalue weighted by atomic mass is 10.0. The summed E-state index contributed by atoms with van der Waals surface area (Å²) in [6, 6.07) is 6.31. The number of benzene rings is 1. The quantitative estimate of drug-likeness (QED) is 0.692. The molecule has 1 rings (SSSR count). The van der Waals surface area contributed by atoms with Crippen LogP contribution in [0.2, 0.25) is 0 Å². The van der Waals surface area contributed by atoms with Crippen LogP contribution in [0.25, 0.3) is 0 Å². The van der Waals surface area contributed by atoms with Gasteiger partial charge in [0.05, 0.1) is 20.8 Å². The average molecular weight is 296 g/mol. The molecule has 2 unspecified atom stereocenters. The normalized spacial score (nSPS) is 13.8. The first-order chi connectivity index (χ1) is 10.2. The van der Waals surface area contributed by atoms with Crippen LogP contribution in [0.5, 0.6) is 11.5 Å². The maximum Gasteiger partial charge on any atom is 0.127 e. The largest absolute Gasteiger partial charge is 0.497 e. The van der Waals surface area contributed by atoms with Crippen LogP contribution in [-0.2, 0) is 4.74 Å². The molecular weight excluding hydrogens is 268 g/mol. The van der Waals surface area contributed by atoms with Crippen molar-refractivity contribution in [3.8, 4) is 11.5 Å². The second-order valence-electron chi connectivity index (χ2n) is 5.08. The summed E-state index contributed by atoms with van der Waals surface area (Å²) in [6.07, 6.45) is 1.97. The Morgan fingerprint density at radius 3 is 2.52 bits per heavy atom. The highest BCUT2D eigenvalue weighted by Crippen LogP contribution is 2.29. The second-order valence-corrected chi connectivity index (χ2v) is 5.08. The fraction of sp³-hybridized carbons (Fsp3) is 0.625. The summed E-state index contributed by atoms with van der Waals surface area (Å²) in [5.74, 6) is 1.61. The van der Waals surface area contributed by atoms with Gasteiger partial charge >= 0.3 is 0 Å². The van der Waals surface area contributed by atoms with Crippen LogP contribution >= 0.6 is 0 Å². The van der Waals surface area contributed by atoms with Gasteiger partial charge < -0.3 is 25.3 Å². The van der Waals surface area contributed by atoms with Crippen LogP contribution in [0.15, 0.2) is 18.2 Å². The Bertz CT molecular complexity index is 413. The lowest BCUT2D eigenvalue weighted by molar-refractivity contribution is 0.156. The van der Waals surface area contributed by atoms with E-state index >= 15 is 0 Å². The van der Waals surface area contributed by atoms with Crippen molar-refractivity contribution in [1.29, 1.82) is 0 Å². The van der Waals surface area contributed by atoms with E-state index in [1.807, 2.05) is 18.2 Å². The molecule has 1 aromatic rings. The zero-order chi connectivity index (χ0) is 15.7. The molecule has 0 bridgehead atoms. The Labute approximate surface area is 127 Å². The molecule has 0 spiro atoms. The van der Waals surface area contributed by atoms with E-state index in [0.717, 1.165) is 29.9 Å². The number of hydrogen-bond acceptors (Lipinski definition) is 5. The number of hydrogen-bond donors (Lipinski definition) is 2. The summed E-state index contributed by atoms with van der Waals surface area (Å²) >= 11 is 0. The van der Waals surface area contributed by atoms with Crippen LogP contribution in [0, 0.1) is 0 Å². The number of rotatable bonds is 10. The minimum absolute atomic E-state index is 0.156. The van der Waals surface area contributed by atoms with Crippen LogP contribution in [-0.4, -0.2) is 40.5 Å². The van der Waals surface area contributed by atoms with Gasteiger partial charge in [0.15, 0.2) is 0 Å². The monoisotopic (exact) mass is 296 g/mol. The summed E-state index contributed by atoms with van der Waals surface area (Å²) < 4.78 is 16.0. The van der Waals surface area contributed by atoms with Crippen LogP contribution in [0.3, 0.4) is 0 Å². The van der Waals surface area contributed by atoms with Crippen molar-refractivity contribution in [3.63, 3.8) is 0 Å². The van der Waals surface area contributed by atoms with E-state index in [1.165, 1.54) is 0 Å². The maximum absolute atomic E-state index is 5.59. The Morgan fingerprint density at radius 1 is 1.19 bits per heavy atom. The number of ether oxygens (including phenoxy) is 3. The molecule has 0 heterocycles. The molecule has 5 nitrogen and oxygen atoms in total. The van der Waals surface area contributed by atoms with E-state index in [1.54, 1.807) is 21.3 Å². The topological polar surface area (TPSA) is 65.7 Å². The van der Waals surface area contributed by atoms with E-state index in [9.17, 15) is 0 Å². The molecule has 120 valence electrons. The predicted octanol–water partition coefficient (Wildman–Crippen LogP) is 2.11. The van der Waals surface area contributed by atoms with Crippen molar-refractivity contribution in [2.24, 2.45) is 5.73 Å². The Kier molecular flexibility index (Phi) is 8.12. The Hall–Kier alpha value is -1.30. The van der Waals surface area contributed by atoms with Gasteiger partial charge in [0.2, 0.25) is 0 Å². The second kappa shape index (κ2) is 9.60. The molecule has 0 aliphatic heterocycles. The minimum atomic E-state index is 0.156. The Morgan fingerprint density at radius 2 is 1.95 bits per heavy atom. The molecule has 2 atom stereocenters. The zero-order valence-electron chi connectivity index (χ0n) is 13.5. The highest BCUT2D eigenvalue weighted by atomic mass is 16.5. The van der Waals surface area contributed by atoms with Crippen molar-refractivity contribution < 1.29 is 14.2 Å². The molecule has 0 aromatic heterocycles. The molecule has 0 fully saturated rings. The highest BCUT2D eigenvalue weighted by molar-refractivity contribution is 5.42. The smallest absolute Gasteiger partial charge is 0.127 e. The first-order valence-electron chi connectivity index (χ1n) is 7.33. The van der Waals surface area contributed by atoms with Crippen LogP contribution in [0.1, 0.15) is 31.4 Å². The number of nitrogens with two attached hydrogens (primary N) is 1. The van der Waals surface area contributed by atoms with Crippen molar-refractivity contribution in [2.75, 3.05) is 34.5 Å². The van der Waals surface area contributed by atoms with E-state index in [0.29, 0.717) is 13.2 Å². The minimum Gasteiger partial charge on any atom is -0.497 e. The first kappa shape index (κ1) is 17.8. The van der Waals surface area contributed by atoms with Gasteiger partial charge in [-0.15, -0.1) is 0 Å². The van der Waals surface area contributed by atoms with Gasteiger partial charge in [-0.1, -0.05) is 6.07 Å². The lowest BCUT2D eigenvalue weighted by Gasteiger charge is -2.24. The molecule has 0 aliphatic carbocycles. The Balaban J connectivity index is 2.78. The molecule has 1 aromatic carbocycles. The fourth-order valence-corrected chi connectivity index (χ4v) is 2.40. The van der Waals surface area contributed by atoms with Gasteiger partial charge in [-0.25, -0.2) is 0 Å².